The molecule has 0 radical (unpaired) electrons. The number of hydrogen-bond donors (Lipinski definition) is 1. The van der Waals surface area contributed by atoms with Crippen LogP contribution in [0.25, 0.3) is 5.57 Å². The Kier molecular flexibility index (Phi) is 2.41. The Morgan fingerprint density at radius 2 is 1.81 bits per heavy atom. The molecule has 1 amide bonds. The molecule has 104 valence electrons. The van der Waals surface area contributed by atoms with Crippen molar-refractivity contribution in [2.45, 2.75) is 19.3 Å². The van der Waals surface area contributed by atoms with Crippen molar-refractivity contribution >= 4 is 17.2 Å². The van der Waals surface area contributed by atoms with Gasteiger partial charge in [0.1, 0.15) is 0 Å². The standard InChI is InChI=1S/C19H17NO/c1-12-11-15(13-7-4-3-5-8-13)14-9-6-10-16-17(14)19(12,2)18(21)20-16/h3-12H,1-2H3,(H,20,21)/t12-,19+/m0/s1. The van der Waals surface area contributed by atoms with Crippen molar-refractivity contribution in [2.75, 3.05) is 5.32 Å². The van der Waals surface area contributed by atoms with Crippen molar-refractivity contribution < 1.29 is 4.79 Å². The Balaban J connectivity index is 2.02. The van der Waals surface area contributed by atoms with Gasteiger partial charge < -0.3 is 5.32 Å². The van der Waals surface area contributed by atoms with Gasteiger partial charge in [0.15, 0.2) is 0 Å². The minimum absolute atomic E-state index is 0.112. The summed E-state index contributed by atoms with van der Waals surface area (Å²) in [5.41, 5.74) is 5.28. The normalized spacial score (nSPS) is 26.1. The fourth-order valence-electron chi connectivity index (χ4n) is 3.62. The molecular formula is C19H17NO. The van der Waals surface area contributed by atoms with Crippen LogP contribution in [-0.4, -0.2) is 5.91 Å². The lowest BCUT2D eigenvalue weighted by Crippen LogP contribution is -2.39. The number of hydrogen-bond acceptors (Lipinski definition) is 1. The van der Waals surface area contributed by atoms with Crippen LogP contribution in [0, 0.1) is 5.92 Å². The molecule has 2 aromatic carbocycles. The molecule has 2 nitrogen and oxygen atoms in total. The number of carbonyl (C=O) groups is 1. The number of amides is 1. The van der Waals surface area contributed by atoms with Crippen LogP contribution in [0.2, 0.25) is 0 Å². The molecule has 0 bridgehead atoms. The lowest BCUT2D eigenvalue weighted by molar-refractivity contribution is -0.121. The second kappa shape index (κ2) is 4.08. The molecule has 1 N–H and O–H groups in total. The number of carbonyl (C=O) groups excluding carboxylic acids is 1. The van der Waals surface area contributed by atoms with Crippen molar-refractivity contribution in [3.63, 3.8) is 0 Å². The van der Waals surface area contributed by atoms with Crippen molar-refractivity contribution in [2.24, 2.45) is 5.92 Å². The summed E-state index contributed by atoms with van der Waals surface area (Å²) in [5.74, 6) is 0.282. The van der Waals surface area contributed by atoms with E-state index < -0.39 is 5.41 Å². The first-order chi connectivity index (χ1) is 10.1. The Morgan fingerprint density at radius 3 is 2.57 bits per heavy atom. The minimum Gasteiger partial charge on any atom is -0.325 e. The van der Waals surface area contributed by atoms with E-state index in [0.29, 0.717) is 0 Å². The van der Waals surface area contributed by atoms with E-state index in [9.17, 15) is 4.79 Å². The smallest absolute Gasteiger partial charge is 0.235 e. The molecule has 1 aliphatic carbocycles. The van der Waals surface area contributed by atoms with Crippen LogP contribution in [0.1, 0.15) is 30.5 Å². The SMILES string of the molecule is C[C@H]1C=C(c2ccccc2)c2cccc3c2[C@]1(C)C(=O)N3. The molecule has 0 spiro atoms. The van der Waals surface area contributed by atoms with Crippen molar-refractivity contribution in [1.29, 1.82) is 0 Å². The second-order valence-electron chi connectivity index (χ2n) is 6.12. The number of nitrogens with one attached hydrogen (secondary N) is 1. The molecular weight excluding hydrogens is 258 g/mol. The van der Waals surface area contributed by atoms with Crippen molar-refractivity contribution in [1.82, 2.24) is 0 Å². The van der Waals surface area contributed by atoms with Crippen LogP contribution < -0.4 is 5.32 Å². The third-order valence-corrected chi connectivity index (χ3v) is 5.01. The van der Waals surface area contributed by atoms with Gasteiger partial charge >= 0.3 is 0 Å². The summed E-state index contributed by atoms with van der Waals surface area (Å²) in [6, 6.07) is 16.6. The summed E-state index contributed by atoms with van der Waals surface area (Å²) in [4.78, 5) is 12.5. The van der Waals surface area contributed by atoms with Crippen LogP contribution in [0.15, 0.2) is 54.6 Å². The average Bonchev–Trinajstić information content (AvgIpc) is 2.78. The summed E-state index contributed by atoms with van der Waals surface area (Å²) in [6.45, 7) is 4.19. The first kappa shape index (κ1) is 12.4. The van der Waals surface area contributed by atoms with E-state index in [0.717, 1.165) is 11.3 Å². The van der Waals surface area contributed by atoms with Crippen LogP contribution in [-0.2, 0) is 10.2 Å². The number of rotatable bonds is 1. The fraction of sp³-hybridized carbons (Fsp3) is 0.211. The molecule has 0 saturated carbocycles. The highest BCUT2D eigenvalue weighted by Gasteiger charge is 2.49. The van der Waals surface area contributed by atoms with Gasteiger partial charge in [-0.25, -0.2) is 0 Å². The highest BCUT2D eigenvalue weighted by atomic mass is 16.2. The predicted molar refractivity (Wildman–Crippen MR) is 85.1 cm³/mol. The summed E-state index contributed by atoms with van der Waals surface area (Å²) in [7, 11) is 0. The van der Waals surface area contributed by atoms with E-state index >= 15 is 0 Å². The van der Waals surface area contributed by atoms with Crippen LogP contribution >= 0.6 is 0 Å². The van der Waals surface area contributed by atoms with Crippen molar-refractivity contribution in [3.05, 3.63) is 71.3 Å². The topological polar surface area (TPSA) is 29.1 Å². The van der Waals surface area contributed by atoms with Crippen molar-refractivity contribution in [3.8, 4) is 0 Å². The first-order valence-corrected chi connectivity index (χ1v) is 7.35. The number of allylic oxidation sites excluding steroid dienone is 1. The predicted octanol–water partition coefficient (Wildman–Crippen LogP) is 3.98. The van der Waals surface area contributed by atoms with E-state index in [2.05, 4.69) is 55.6 Å². The van der Waals surface area contributed by atoms with Gasteiger partial charge in [0.05, 0.1) is 5.41 Å². The monoisotopic (exact) mass is 275 g/mol. The van der Waals surface area contributed by atoms with Gasteiger partial charge in [-0.15, -0.1) is 0 Å². The summed E-state index contributed by atoms with van der Waals surface area (Å²) in [6.07, 6.45) is 2.24. The fourth-order valence-corrected chi connectivity index (χ4v) is 3.62. The maximum atomic E-state index is 12.5. The molecule has 2 heteroatoms. The van der Waals surface area contributed by atoms with E-state index in [4.69, 9.17) is 0 Å². The summed E-state index contributed by atoms with van der Waals surface area (Å²) < 4.78 is 0. The summed E-state index contributed by atoms with van der Waals surface area (Å²) in [5, 5.41) is 3.05. The lowest BCUT2D eigenvalue weighted by atomic mass is 9.66. The lowest BCUT2D eigenvalue weighted by Gasteiger charge is -2.34. The molecule has 2 aromatic rings. The molecule has 4 rings (SSSR count). The average molecular weight is 275 g/mol. The van der Waals surface area contributed by atoms with E-state index in [1.807, 2.05) is 18.2 Å². The molecule has 2 aliphatic rings. The third-order valence-electron chi connectivity index (χ3n) is 5.01. The number of anilines is 1. The van der Waals surface area contributed by atoms with E-state index in [1.54, 1.807) is 0 Å². The largest absolute Gasteiger partial charge is 0.325 e. The van der Waals surface area contributed by atoms with E-state index in [1.165, 1.54) is 16.7 Å². The zero-order valence-electron chi connectivity index (χ0n) is 12.2. The minimum atomic E-state index is -0.454. The van der Waals surface area contributed by atoms with Crippen LogP contribution in [0.5, 0.6) is 0 Å². The third kappa shape index (κ3) is 1.50. The Labute approximate surface area is 124 Å². The highest BCUT2D eigenvalue weighted by molar-refractivity contribution is 6.09. The molecule has 1 heterocycles. The molecule has 0 saturated heterocycles. The zero-order chi connectivity index (χ0) is 14.6. The zero-order valence-corrected chi connectivity index (χ0v) is 12.2. The number of benzene rings is 2. The van der Waals surface area contributed by atoms with Gasteiger partial charge in [-0.2, -0.15) is 0 Å². The molecule has 2 atom stereocenters. The maximum absolute atomic E-state index is 12.5. The van der Waals surface area contributed by atoms with Gasteiger partial charge in [0, 0.05) is 5.69 Å². The van der Waals surface area contributed by atoms with Crippen LogP contribution in [0.4, 0.5) is 5.69 Å². The molecule has 0 fully saturated rings. The molecule has 0 aromatic heterocycles. The quantitative estimate of drug-likeness (QED) is 0.838. The molecule has 1 aliphatic heterocycles. The van der Waals surface area contributed by atoms with E-state index in [-0.39, 0.29) is 11.8 Å². The van der Waals surface area contributed by atoms with Gasteiger partial charge in [0.2, 0.25) is 5.91 Å². The Bertz CT molecular complexity index is 775. The van der Waals surface area contributed by atoms with Gasteiger partial charge in [-0.05, 0) is 41.2 Å². The highest BCUT2D eigenvalue weighted by Crippen LogP contribution is 2.51. The Morgan fingerprint density at radius 1 is 1.05 bits per heavy atom. The van der Waals surface area contributed by atoms with Crippen LogP contribution in [0.3, 0.4) is 0 Å². The first-order valence-electron chi connectivity index (χ1n) is 7.35. The van der Waals surface area contributed by atoms with Gasteiger partial charge in [-0.3, -0.25) is 4.79 Å². The van der Waals surface area contributed by atoms with Gasteiger partial charge in [-0.1, -0.05) is 55.5 Å². The summed E-state index contributed by atoms with van der Waals surface area (Å²) >= 11 is 0. The maximum Gasteiger partial charge on any atom is 0.235 e. The second-order valence-corrected chi connectivity index (χ2v) is 6.12. The molecule has 21 heavy (non-hydrogen) atoms. The molecule has 0 unspecified atom stereocenters. The van der Waals surface area contributed by atoms with Gasteiger partial charge in [0.25, 0.3) is 0 Å². The Hall–Kier alpha value is -2.35.